The maximum atomic E-state index is 12.8. The number of nitrogens with zero attached hydrogens (tertiary/aromatic N) is 2. The lowest BCUT2D eigenvalue weighted by molar-refractivity contribution is -0.124. The Morgan fingerprint density at radius 1 is 1.22 bits per heavy atom. The smallest absolute Gasteiger partial charge is 0.290 e. The third-order valence-electron chi connectivity index (χ3n) is 4.30. The zero-order valence-electron chi connectivity index (χ0n) is 13.6. The number of carbonyl (C=O) groups excluding carboxylic acids is 2. The van der Waals surface area contributed by atoms with Crippen LogP contribution in [-0.4, -0.2) is 35.8 Å². The molecule has 1 aliphatic rings. The molecule has 0 bridgehead atoms. The fraction of sp³-hybridized carbons (Fsp3) is 0.333. The Labute approximate surface area is 135 Å². The van der Waals surface area contributed by atoms with Crippen LogP contribution >= 0.6 is 0 Å². The minimum Gasteiger partial charge on any atom is -0.459 e. The van der Waals surface area contributed by atoms with Gasteiger partial charge in [0.05, 0.1) is 6.26 Å². The molecule has 0 radical (unpaired) electrons. The van der Waals surface area contributed by atoms with Crippen LogP contribution in [-0.2, 0) is 4.79 Å². The van der Waals surface area contributed by atoms with Crippen LogP contribution in [0.25, 0.3) is 0 Å². The van der Waals surface area contributed by atoms with Crippen LogP contribution in [0.5, 0.6) is 0 Å². The second-order valence-electron chi connectivity index (χ2n) is 5.93. The van der Waals surface area contributed by atoms with E-state index in [-0.39, 0.29) is 17.6 Å². The summed E-state index contributed by atoms with van der Waals surface area (Å²) in [7, 11) is 0. The molecule has 120 valence electrons. The quantitative estimate of drug-likeness (QED) is 0.857. The van der Waals surface area contributed by atoms with Crippen molar-refractivity contribution in [3.63, 3.8) is 0 Å². The Morgan fingerprint density at radius 2 is 2.00 bits per heavy atom. The molecular formula is C18H20N2O3. The van der Waals surface area contributed by atoms with Gasteiger partial charge in [0.25, 0.3) is 5.91 Å². The van der Waals surface area contributed by atoms with Gasteiger partial charge < -0.3 is 14.2 Å². The van der Waals surface area contributed by atoms with Gasteiger partial charge >= 0.3 is 0 Å². The summed E-state index contributed by atoms with van der Waals surface area (Å²) >= 11 is 0. The molecule has 3 rings (SSSR count). The third-order valence-corrected chi connectivity index (χ3v) is 4.30. The van der Waals surface area contributed by atoms with Gasteiger partial charge in [0.15, 0.2) is 5.76 Å². The second-order valence-corrected chi connectivity index (χ2v) is 5.93. The van der Waals surface area contributed by atoms with Crippen LogP contribution in [0.3, 0.4) is 0 Å². The standard InChI is InChI=1S/C18H20N2O3/c1-12-6-7-13(2)15(11-12)20-9-8-19(14(3)17(20)21)18(22)16-5-4-10-23-16/h4-7,10-11,14H,8-9H2,1-3H3/t14-/m1/s1. The van der Waals surface area contributed by atoms with Crippen molar-refractivity contribution in [2.75, 3.05) is 18.0 Å². The molecular weight excluding hydrogens is 292 g/mol. The van der Waals surface area contributed by atoms with E-state index in [1.165, 1.54) is 6.26 Å². The lowest BCUT2D eigenvalue weighted by Gasteiger charge is -2.39. The molecule has 0 unspecified atom stereocenters. The largest absolute Gasteiger partial charge is 0.459 e. The first-order valence-electron chi connectivity index (χ1n) is 7.72. The van der Waals surface area contributed by atoms with Gasteiger partial charge in [-0.3, -0.25) is 9.59 Å². The minimum atomic E-state index is -0.513. The molecule has 23 heavy (non-hydrogen) atoms. The van der Waals surface area contributed by atoms with Crippen molar-refractivity contribution >= 4 is 17.5 Å². The van der Waals surface area contributed by atoms with E-state index in [1.54, 1.807) is 28.9 Å². The number of amides is 2. The molecule has 1 saturated heterocycles. The minimum absolute atomic E-state index is 0.0649. The highest BCUT2D eigenvalue weighted by Gasteiger charge is 2.36. The van der Waals surface area contributed by atoms with E-state index in [2.05, 4.69) is 0 Å². The Morgan fingerprint density at radius 3 is 2.70 bits per heavy atom. The topological polar surface area (TPSA) is 53.8 Å². The third kappa shape index (κ3) is 2.74. The normalized spacial score (nSPS) is 18.4. The highest BCUT2D eigenvalue weighted by molar-refractivity contribution is 6.03. The molecule has 1 fully saturated rings. The number of furan rings is 1. The van der Waals surface area contributed by atoms with Crippen LogP contribution in [0.1, 0.15) is 28.6 Å². The van der Waals surface area contributed by atoms with Gasteiger partial charge in [-0.2, -0.15) is 0 Å². The maximum Gasteiger partial charge on any atom is 0.290 e. The van der Waals surface area contributed by atoms with Gasteiger partial charge in [-0.25, -0.2) is 0 Å². The lowest BCUT2D eigenvalue weighted by atomic mass is 10.1. The molecule has 1 aromatic carbocycles. The first-order valence-corrected chi connectivity index (χ1v) is 7.72. The number of carbonyl (C=O) groups is 2. The van der Waals surface area contributed by atoms with Gasteiger partial charge in [-0.15, -0.1) is 0 Å². The number of piperazine rings is 1. The van der Waals surface area contributed by atoms with Crippen molar-refractivity contribution in [3.05, 3.63) is 53.5 Å². The molecule has 0 aliphatic carbocycles. The van der Waals surface area contributed by atoms with Crippen molar-refractivity contribution < 1.29 is 14.0 Å². The zero-order valence-corrected chi connectivity index (χ0v) is 13.6. The Balaban J connectivity index is 1.84. The summed E-state index contributed by atoms with van der Waals surface area (Å²) in [6.07, 6.45) is 1.46. The van der Waals surface area contributed by atoms with Crippen molar-refractivity contribution in [2.24, 2.45) is 0 Å². The summed E-state index contributed by atoms with van der Waals surface area (Å²) in [5.74, 6) is -0.0360. The van der Waals surface area contributed by atoms with E-state index in [4.69, 9.17) is 4.42 Å². The van der Waals surface area contributed by atoms with E-state index in [9.17, 15) is 9.59 Å². The predicted octanol–water partition coefficient (Wildman–Crippen LogP) is 2.77. The molecule has 0 N–H and O–H groups in total. The average Bonchev–Trinajstić information content (AvgIpc) is 3.06. The lowest BCUT2D eigenvalue weighted by Crippen LogP contribution is -2.57. The molecule has 0 saturated carbocycles. The number of anilines is 1. The fourth-order valence-electron chi connectivity index (χ4n) is 2.94. The average molecular weight is 312 g/mol. The van der Waals surface area contributed by atoms with E-state index >= 15 is 0 Å². The van der Waals surface area contributed by atoms with Gasteiger partial charge in [0, 0.05) is 18.8 Å². The fourth-order valence-corrected chi connectivity index (χ4v) is 2.94. The van der Waals surface area contributed by atoms with Crippen molar-refractivity contribution in [3.8, 4) is 0 Å². The second kappa shape index (κ2) is 5.91. The summed E-state index contributed by atoms with van der Waals surface area (Å²) in [6.45, 7) is 6.74. The zero-order chi connectivity index (χ0) is 16.6. The van der Waals surface area contributed by atoms with Crippen LogP contribution in [0.15, 0.2) is 41.0 Å². The molecule has 0 spiro atoms. The molecule has 2 heterocycles. The van der Waals surface area contributed by atoms with Crippen LogP contribution in [0.2, 0.25) is 0 Å². The van der Waals surface area contributed by atoms with E-state index < -0.39 is 6.04 Å². The molecule has 1 aliphatic heterocycles. The predicted molar refractivity (Wildman–Crippen MR) is 87.5 cm³/mol. The highest BCUT2D eigenvalue weighted by Crippen LogP contribution is 2.26. The summed E-state index contributed by atoms with van der Waals surface area (Å²) in [4.78, 5) is 28.6. The number of aryl methyl sites for hydroxylation is 2. The van der Waals surface area contributed by atoms with Crippen molar-refractivity contribution in [2.45, 2.75) is 26.8 Å². The number of benzene rings is 1. The van der Waals surface area contributed by atoms with Gasteiger partial charge in [0.1, 0.15) is 6.04 Å². The number of hydrogen-bond donors (Lipinski definition) is 0. The summed E-state index contributed by atoms with van der Waals surface area (Å²) in [5, 5.41) is 0. The summed E-state index contributed by atoms with van der Waals surface area (Å²) < 4.78 is 5.16. The molecule has 2 amide bonds. The Bertz CT molecular complexity index is 737. The molecule has 1 atom stereocenters. The number of rotatable bonds is 2. The van der Waals surface area contributed by atoms with E-state index in [1.807, 2.05) is 32.0 Å². The number of hydrogen-bond acceptors (Lipinski definition) is 3. The van der Waals surface area contributed by atoms with Gasteiger partial charge in [-0.05, 0) is 50.1 Å². The monoisotopic (exact) mass is 312 g/mol. The van der Waals surface area contributed by atoms with Crippen molar-refractivity contribution in [1.29, 1.82) is 0 Å². The Kier molecular flexibility index (Phi) is 3.94. The summed E-state index contributed by atoms with van der Waals surface area (Å²) in [6, 6.07) is 8.85. The van der Waals surface area contributed by atoms with Gasteiger partial charge in [-0.1, -0.05) is 12.1 Å². The van der Waals surface area contributed by atoms with Crippen molar-refractivity contribution in [1.82, 2.24) is 4.90 Å². The first-order chi connectivity index (χ1) is 11.0. The summed E-state index contributed by atoms with van der Waals surface area (Å²) in [5.41, 5.74) is 3.09. The Hall–Kier alpha value is -2.56. The van der Waals surface area contributed by atoms with Crippen LogP contribution in [0.4, 0.5) is 5.69 Å². The van der Waals surface area contributed by atoms with E-state index in [0.717, 1.165) is 16.8 Å². The molecule has 2 aromatic rings. The maximum absolute atomic E-state index is 12.8. The van der Waals surface area contributed by atoms with Crippen LogP contribution in [0, 0.1) is 13.8 Å². The molecule has 5 nitrogen and oxygen atoms in total. The van der Waals surface area contributed by atoms with Crippen LogP contribution < -0.4 is 4.90 Å². The van der Waals surface area contributed by atoms with E-state index in [0.29, 0.717) is 13.1 Å². The van der Waals surface area contributed by atoms with Gasteiger partial charge in [0.2, 0.25) is 5.91 Å². The first kappa shape index (κ1) is 15.3. The SMILES string of the molecule is Cc1ccc(C)c(N2CCN(C(=O)c3ccco3)[C@H](C)C2=O)c1. The highest BCUT2D eigenvalue weighted by atomic mass is 16.3. The molecule has 1 aromatic heterocycles. The molecule has 5 heteroatoms.